The van der Waals surface area contributed by atoms with E-state index < -0.39 is 33.2 Å². The van der Waals surface area contributed by atoms with Gasteiger partial charge in [-0.15, -0.1) is 5.69 Å². The first kappa shape index (κ1) is 32.2. The number of halogens is 4. The molecule has 2 N–H and O–H groups in total. The van der Waals surface area contributed by atoms with Crippen molar-refractivity contribution in [2.75, 3.05) is 13.7 Å². The van der Waals surface area contributed by atoms with Crippen molar-refractivity contribution >= 4 is 38.2 Å². The molecule has 1 aliphatic rings. The molecule has 2 atom stereocenters. The second-order valence-corrected chi connectivity index (χ2v) is 11.5. The Kier molecular flexibility index (Phi) is 9.86. The molecule has 3 aromatic carbocycles. The average Bonchev–Trinajstić information content (AvgIpc) is 2.92. The number of hydrogen-bond donors (Lipinski definition) is 1. The van der Waals surface area contributed by atoms with Crippen LogP contribution < -0.4 is 48.8 Å². The number of nitrogens with one attached hydrogen (secondary N) is 1. The molecular formula is C28H24ClF3N2NaO6S+. The molecule has 0 saturated heterocycles. The van der Waals surface area contributed by atoms with Gasteiger partial charge >= 0.3 is 35.1 Å². The predicted octanol–water partition coefficient (Wildman–Crippen LogP) is 3.04. The fourth-order valence-electron chi connectivity index (χ4n) is 4.58. The number of hydrogen-bond acceptors (Lipinski definition) is 6. The van der Waals surface area contributed by atoms with Crippen LogP contribution in [0.1, 0.15) is 22.9 Å². The van der Waals surface area contributed by atoms with Gasteiger partial charge in [-0.3, -0.25) is 0 Å². The maximum atomic E-state index is 12.8. The Morgan fingerprint density at radius 2 is 1.86 bits per heavy atom. The molecule has 2 heterocycles. The number of aliphatic hydroxyl groups is 1. The predicted molar refractivity (Wildman–Crippen MR) is 145 cm³/mol. The second kappa shape index (κ2) is 12.9. The van der Waals surface area contributed by atoms with E-state index in [1.54, 1.807) is 18.2 Å². The minimum absolute atomic E-state index is 0. The van der Waals surface area contributed by atoms with E-state index >= 15 is 0 Å². The second-order valence-electron chi connectivity index (χ2n) is 9.43. The maximum Gasteiger partial charge on any atom is 1.00 e. The van der Waals surface area contributed by atoms with Crippen LogP contribution in [0.2, 0.25) is 5.02 Å². The fraction of sp³-hybridized carbons (Fsp3) is 0.250. The van der Waals surface area contributed by atoms with E-state index in [1.165, 1.54) is 19.2 Å². The number of fused-ring (bicyclic) bond motifs is 2. The monoisotopic (exact) mass is 631 g/mol. The number of aromatic nitrogens is 1. The summed E-state index contributed by atoms with van der Waals surface area (Å²) in [5.41, 5.74) is -3.43. The van der Waals surface area contributed by atoms with Crippen LogP contribution in [0.4, 0.5) is 18.9 Å². The quantitative estimate of drug-likeness (QED) is 0.300. The summed E-state index contributed by atoms with van der Waals surface area (Å²) in [5, 5.41) is 12.8. The first-order valence-electron chi connectivity index (χ1n) is 12.3. The first-order chi connectivity index (χ1) is 19.4. The van der Waals surface area contributed by atoms with Crippen LogP contribution in [0, 0.1) is 5.92 Å². The third-order valence-corrected chi connectivity index (χ3v) is 7.90. The van der Waals surface area contributed by atoms with Gasteiger partial charge in [0.15, 0.2) is 16.6 Å². The van der Waals surface area contributed by atoms with Gasteiger partial charge < -0.3 is 24.0 Å². The fourth-order valence-corrected chi connectivity index (χ4v) is 5.24. The largest absolute Gasteiger partial charge is 1.00 e. The Balaban J connectivity index is 0.00000405. The van der Waals surface area contributed by atoms with Crippen LogP contribution in [-0.4, -0.2) is 32.7 Å². The van der Waals surface area contributed by atoms with Crippen LogP contribution in [0.3, 0.4) is 0 Å². The van der Waals surface area contributed by atoms with Gasteiger partial charge in [0.2, 0.25) is 11.2 Å². The molecule has 0 amide bonds. The van der Waals surface area contributed by atoms with E-state index in [2.05, 4.69) is 9.71 Å². The molecule has 5 rings (SSSR count). The molecule has 0 fully saturated rings. The number of alkyl halides is 3. The summed E-state index contributed by atoms with van der Waals surface area (Å²) in [4.78, 5) is 3.28. The number of aromatic amines is 1. The number of aliphatic hydroxyl groups excluding tert-OH is 1. The minimum atomic E-state index is -5.73. The molecule has 42 heavy (non-hydrogen) atoms. The van der Waals surface area contributed by atoms with Gasteiger partial charge in [0.25, 0.3) is 0 Å². The van der Waals surface area contributed by atoms with Crippen LogP contribution in [-0.2, 0) is 23.1 Å². The molecule has 0 saturated carbocycles. The zero-order valence-corrected chi connectivity index (χ0v) is 26.1. The Morgan fingerprint density at radius 3 is 2.60 bits per heavy atom. The third-order valence-electron chi connectivity index (χ3n) is 6.63. The molecule has 0 unspecified atom stereocenters. The normalized spacial score (nSPS) is 16.6. The number of nitrogens with zero attached hydrogens (tertiary/aromatic N) is 1. The van der Waals surface area contributed by atoms with Crippen molar-refractivity contribution in [3.8, 4) is 17.2 Å². The van der Waals surface area contributed by atoms with Gasteiger partial charge in [-0.1, -0.05) is 23.7 Å². The summed E-state index contributed by atoms with van der Waals surface area (Å²) in [7, 11) is -4.35. The molecule has 4 aromatic rings. The Hall–Kier alpha value is -2.74. The van der Waals surface area contributed by atoms with Crippen molar-refractivity contribution in [1.29, 1.82) is 0 Å². The molecule has 216 valence electrons. The minimum Gasteiger partial charge on any atom is -0.569 e. The zero-order chi connectivity index (χ0) is 29.4. The topological polar surface area (TPSA) is 110 Å². The van der Waals surface area contributed by atoms with Crippen LogP contribution in [0.25, 0.3) is 15.6 Å². The van der Waals surface area contributed by atoms with Crippen molar-refractivity contribution in [2.24, 2.45) is 5.92 Å². The van der Waals surface area contributed by atoms with Gasteiger partial charge in [0.05, 0.1) is 19.8 Å². The van der Waals surface area contributed by atoms with Gasteiger partial charge in [-0.25, -0.2) is 13.4 Å². The summed E-state index contributed by atoms with van der Waals surface area (Å²) in [6.07, 6.45) is -0.903. The Bertz CT molecular complexity index is 1710. The van der Waals surface area contributed by atoms with Crippen molar-refractivity contribution in [3.05, 3.63) is 93.3 Å². The third kappa shape index (κ3) is 7.07. The number of benzene rings is 3. The van der Waals surface area contributed by atoms with Crippen molar-refractivity contribution < 1.29 is 75.4 Å². The number of rotatable bonds is 8. The van der Waals surface area contributed by atoms with Crippen LogP contribution in [0.15, 0.2) is 66.7 Å². The van der Waals surface area contributed by atoms with E-state index in [9.17, 15) is 26.7 Å². The summed E-state index contributed by atoms with van der Waals surface area (Å²) in [6.45, 7) is 0.324. The number of pyridine rings is 1. The number of methoxy groups -OCH3 is 1. The van der Waals surface area contributed by atoms with E-state index in [0.717, 1.165) is 22.7 Å². The smallest absolute Gasteiger partial charge is 0.569 e. The molecule has 14 heteroatoms. The standard InChI is InChI=1S/C28H23ClF3N2O6S.Na/c1-38-25-8-6-20(34-41(36,37)28(30,31)32)11-17(25)10-18-14-40-26-9-7-22(13-23(26)27(18)35)39-15-21-5-3-16-2-4-19(29)12-24(16)33-21;/h2-9,11-13,18,27,35H,10,14-15H2,1H3;/q-1;+1/p+1/t18-,27-;/m1./s1. The van der Waals surface area contributed by atoms with Gasteiger partial charge in [-0.2, -0.15) is 13.2 Å². The Morgan fingerprint density at radius 1 is 1.10 bits per heavy atom. The molecule has 0 radical (unpaired) electrons. The Labute approximate surface area is 267 Å². The summed E-state index contributed by atoms with van der Waals surface area (Å²) in [5.74, 6) is 0.735. The van der Waals surface area contributed by atoms with Gasteiger partial charge in [0, 0.05) is 34.0 Å². The summed E-state index contributed by atoms with van der Waals surface area (Å²) in [6, 6.07) is 18.1. The van der Waals surface area contributed by atoms with Gasteiger partial charge in [-0.05, 0) is 54.4 Å². The van der Waals surface area contributed by atoms with Crippen molar-refractivity contribution in [2.45, 2.75) is 24.6 Å². The summed E-state index contributed by atoms with van der Waals surface area (Å²) < 4.78 is 81.5. The molecule has 0 aliphatic carbocycles. The number of H-pyrrole nitrogens is 1. The van der Waals surface area contributed by atoms with Crippen LogP contribution in [0.5, 0.6) is 17.2 Å². The first-order valence-corrected chi connectivity index (χ1v) is 14.1. The molecule has 1 aromatic heterocycles. The van der Waals surface area contributed by atoms with Crippen molar-refractivity contribution in [3.63, 3.8) is 0 Å². The maximum absolute atomic E-state index is 12.8. The van der Waals surface area contributed by atoms with Crippen LogP contribution >= 0.6 is 11.6 Å². The number of sulfonamides is 1. The number of ether oxygens (including phenoxy) is 3. The van der Waals surface area contributed by atoms with Crippen molar-refractivity contribution in [1.82, 2.24) is 0 Å². The zero-order valence-electron chi connectivity index (χ0n) is 22.5. The van der Waals surface area contributed by atoms with E-state index in [4.69, 9.17) is 25.8 Å². The molecule has 0 spiro atoms. The molecule has 8 nitrogen and oxygen atoms in total. The van der Waals surface area contributed by atoms with E-state index in [1.807, 2.05) is 30.3 Å². The van der Waals surface area contributed by atoms with E-state index in [-0.39, 0.29) is 49.2 Å². The molecular weight excluding hydrogens is 608 g/mol. The SMILES string of the molecule is COc1ccc([N-]S(=O)(=O)C(F)(F)F)cc1C[C@@H]1COc2ccc(OCc3ccc4ccc(Cl)cc4[nH+]3)cc2[C@@H]1O.[Na+]. The average molecular weight is 632 g/mol. The van der Waals surface area contributed by atoms with Gasteiger partial charge in [0.1, 0.15) is 17.2 Å². The molecule has 1 aliphatic heterocycles. The summed E-state index contributed by atoms with van der Waals surface area (Å²) >= 11 is 6.09. The molecule has 0 bridgehead atoms. The van der Waals surface area contributed by atoms with E-state index in [0.29, 0.717) is 33.4 Å².